The van der Waals surface area contributed by atoms with Crippen molar-refractivity contribution in [3.63, 3.8) is 0 Å². The molecule has 10 heteroatoms. The van der Waals surface area contributed by atoms with E-state index >= 15 is 0 Å². The second-order valence-electron chi connectivity index (χ2n) is 11.9. The number of benzene rings is 2. The van der Waals surface area contributed by atoms with Gasteiger partial charge in [-0.15, -0.1) is 0 Å². The van der Waals surface area contributed by atoms with Crippen LogP contribution in [0.2, 0.25) is 0 Å². The second-order valence-corrected chi connectivity index (χ2v) is 11.9. The molecular formula is C34H36N8O2. The van der Waals surface area contributed by atoms with E-state index in [-0.39, 0.29) is 11.4 Å². The summed E-state index contributed by atoms with van der Waals surface area (Å²) in [6.07, 6.45) is 4.34. The number of ether oxygens (including phenoxy) is 1. The van der Waals surface area contributed by atoms with Crippen molar-refractivity contribution in [1.82, 2.24) is 24.4 Å². The van der Waals surface area contributed by atoms with E-state index in [1.807, 2.05) is 34.9 Å². The summed E-state index contributed by atoms with van der Waals surface area (Å²) in [5, 5.41) is 0. The number of amides is 1. The van der Waals surface area contributed by atoms with Gasteiger partial charge in [0.25, 0.3) is 5.91 Å². The maximum absolute atomic E-state index is 12.6. The summed E-state index contributed by atoms with van der Waals surface area (Å²) < 4.78 is 7.82. The van der Waals surface area contributed by atoms with Crippen LogP contribution in [0.1, 0.15) is 24.8 Å². The predicted molar refractivity (Wildman–Crippen MR) is 172 cm³/mol. The van der Waals surface area contributed by atoms with Crippen molar-refractivity contribution >= 4 is 28.6 Å². The van der Waals surface area contributed by atoms with Crippen LogP contribution in [-0.2, 0) is 15.1 Å². The Morgan fingerprint density at radius 3 is 2.55 bits per heavy atom. The molecule has 1 aliphatic carbocycles. The zero-order valence-corrected chi connectivity index (χ0v) is 25.0. The van der Waals surface area contributed by atoms with Crippen LogP contribution in [-0.4, -0.2) is 70.2 Å². The Morgan fingerprint density at radius 2 is 1.82 bits per heavy atom. The second kappa shape index (κ2) is 11.0. The fourth-order valence-electron chi connectivity index (χ4n) is 6.12. The van der Waals surface area contributed by atoms with Gasteiger partial charge in [0.1, 0.15) is 11.3 Å². The van der Waals surface area contributed by atoms with E-state index in [0.717, 1.165) is 58.5 Å². The highest BCUT2D eigenvalue weighted by molar-refractivity contribution is 5.85. The van der Waals surface area contributed by atoms with Gasteiger partial charge in [0.05, 0.1) is 24.4 Å². The van der Waals surface area contributed by atoms with E-state index in [9.17, 15) is 4.79 Å². The number of nitrogens with zero attached hydrogens (tertiary/aromatic N) is 6. The van der Waals surface area contributed by atoms with E-state index in [1.54, 1.807) is 25.2 Å². The highest BCUT2D eigenvalue weighted by Crippen LogP contribution is 2.39. The van der Waals surface area contributed by atoms with Crippen LogP contribution in [0.5, 0.6) is 0 Å². The molecule has 7 rings (SSSR count). The molecule has 4 heterocycles. The van der Waals surface area contributed by atoms with Gasteiger partial charge in [-0.05, 0) is 73.4 Å². The van der Waals surface area contributed by atoms with Crippen molar-refractivity contribution in [3.05, 3.63) is 84.6 Å². The van der Waals surface area contributed by atoms with Crippen LogP contribution < -0.4 is 16.4 Å². The molecule has 1 saturated carbocycles. The highest BCUT2D eigenvalue weighted by Gasteiger charge is 2.34. The van der Waals surface area contributed by atoms with Gasteiger partial charge >= 0.3 is 0 Å². The molecule has 1 unspecified atom stereocenters. The lowest BCUT2D eigenvalue weighted by molar-refractivity contribution is -0.141. The number of pyridine rings is 2. The van der Waals surface area contributed by atoms with E-state index in [4.69, 9.17) is 26.2 Å². The van der Waals surface area contributed by atoms with Crippen molar-refractivity contribution in [1.29, 1.82) is 0 Å². The predicted octanol–water partition coefficient (Wildman–Crippen LogP) is 4.36. The number of rotatable bonds is 6. The number of anilines is 2. The SMILES string of the molecule is CN(C)C(=O)C1CN(c2cccc(-c3ccc4nc(-c5cccnc5N)n(-c5ccc(C6(N)CCC6)cc5)c4n3)c2)CCO1. The van der Waals surface area contributed by atoms with Crippen LogP contribution in [0, 0.1) is 0 Å². The highest BCUT2D eigenvalue weighted by atomic mass is 16.5. The number of hydrogen-bond donors (Lipinski definition) is 2. The average molecular weight is 589 g/mol. The van der Waals surface area contributed by atoms with E-state index in [0.29, 0.717) is 37.0 Å². The fourth-order valence-corrected chi connectivity index (χ4v) is 6.12. The molecule has 3 aromatic heterocycles. The molecule has 1 aliphatic heterocycles. The van der Waals surface area contributed by atoms with Gasteiger partial charge in [-0.3, -0.25) is 9.36 Å². The minimum Gasteiger partial charge on any atom is -0.383 e. The van der Waals surface area contributed by atoms with Gasteiger partial charge in [0.15, 0.2) is 17.6 Å². The molecule has 1 saturated heterocycles. The molecule has 0 bridgehead atoms. The van der Waals surface area contributed by atoms with E-state index in [2.05, 4.69) is 52.3 Å². The first-order valence-corrected chi connectivity index (χ1v) is 15.0. The van der Waals surface area contributed by atoms with Gasteiger partial charge in [-0.25, -0.2) is 15.0 Å². The van der Waals surface area contributed by atoms with Gasteiger partial charge < -0.3 is 26.0 Å². The quantitative estimate of drug-likeness (QED) is 0.299. The number of imidazole rings is 1. The Balaban J connectivity index is 1.29. The number of morpholine rings is 1. The number of nitrogen functional groups attached to an aromatic ring is 1. The normalized spacial score (nSPS) is 17.8. The van der Waals surface area contributed by atoms with Gasteiger partial charge in [0, 0.05) is 49.3 Å². The van der Waals surface area contributed by atoms with Crippen molar-refractivity contribution in [2.45, 2.75) is 30.9 Å². The first kappa shape index (κ1) is 28.0. The molecule has 2 aliphatic rings. The summed E-state index contributed by atoms with van der Waals surface area (Å²) in [6, 6.07) is 24.4. The van der Waals surface area contributed by atoms with Crippen molar-refractivity contribution in [3.8, 4) is 28.3 Å². The fraction of sp³-hybridized carbons (Fsp3) is 0.294. The lowest BCUT2D eigenvalue weighted by atomic mass is 9.73. The van der Waals surface area contributed by atoms with Crippen LogP contribution in [0.3, 0.4) is 0 Å². The van der Waals surface area contributed by atoms with Crippen LogP contribution >= 0.6 is 0 Å². The number of aromatic nitrogens is 4. The number of hydrogen-bond acceptors (Lipinski definition) is 8. The summed E-state index contributed by atoms with van der Waals surface area (Å²) in [7, 11) is 3.51. The van der Waals surface area contributed by atoms with Crippen molar-refractivity contribution in [2.75, 3.05) is 44.4 Å². The molecule has 1 atom stereocenters. The molecule has 4 N–H and O–H groups in total. The van der Waals surface area contributed by atoms with E-state index in [1.165, 1.54) is 0 Å². The first-order valence-electron chi connectivity index (χ1n) is 15.0. The number of carbonyl (C=O) groups is 1. The third-order valence-corrected chi connectivity index (χ3v) is 8.82. The number of carbonyl (C=O) groups excluding carboxylic acids is 1. The maximum Gasteiger partial charge on any atom is 0.253 e. The Labute approximate surface area is 256 Å². The number of likely N-dealkylation sites (N-methyl/N-ethyl adjacent to an activating group) is 1. The van der Waals surface area contributed by atoms with Crippen LogP contribution in [0.4, 0.5) is 11.5 Å². The lowest BCUT2D eigenvalue weighted by Crippen LogP contribution is -2.49. The summed E-state index contributed by atoms with van der Waals surface area (Å²) >= 11 is 0. The molecule has 5 aromatic rings. The molecule has 10 nitrogen and oxygen atoms in total. The summed E-state index contributed by atoms with van der Waals surface area (Å²) in [6.45, 7) is 1.69. The topological polar surface area (TPSA) is 128 Å². The number of fused-ring (bicyclic) bond motifs is 1. The Kier molecular flexibility index (Phi) is 7.02. The van der Waals surface area contributed by atoms with Crippen molar-refractivity contribution in [2.24, 2.45) is 5.73 Å². The van der Waals surface area contributed by atoms with E-state index < -0.39 is 6.10 Å². The van der Waals surface area contributed by atoms with Crippen LogP contribution in [0.25, 0.3) is 39.5 Å². The maximum atomic E-state index is 12.6. The lowest BCUT2D eigenvalue weighted by Gasteiger charge is -2.38. The van der Waals surface area contributed by atoms with Crippen LogP contribution in [0.15, 0.2) is 79.0 Å². The minimum atomic E-state index is -0.491. The molecule has 44 heavy (non-hydrogen) atoms. The molecular weight excluding hydrogens is 552 g/mol. The Hall–Kier alpha value is -4.80. The summed E-state index contributed by atoms with van der Waals surface area (Å²) in [5.74, 6) is 1.05. The molecule has 2 aromatic carbocycles. The summed E-state index contributed by atoms with van der Waals surface area (Å²) in [5.41, 5.74) is 19.8. The standard InChI is InChI=1S/C34H36N8O2/c1-40(2)33(43)29-21-41(18-19-44-29)25-7-3-6-22(20-25)27-13-14-28-32(38-27)42(31(39-28)26-8-4-17-37-30(26)35)24-11-9-23(10-12-24)34(36)15-5-16-34/h3-4,6-14,17,20,29H,5,15-16,18-19,21,36H2,1-2H3,(H2,35,37). The van der Waals surface area contributed by atoms with Crippen molar-refractivity contribution < 1.29 is 9.53 Å². The van der Waals surface area contributed by atoms with Gasteiger partial charge in [-0.1, -0.05) is 24.3 Å². The Bertz CT molecular complexity index is 1840. The molecule has 1 amide bonds. The first-order chi connectivity index (χ1) is 21.3. The van der Waals surface area contributed by atoms with Gasteiger partial charge in [0.2, 0.25) is 0 Å². The third kappa shape index (κ3) is 4.95. The molecule has 0 radical (unpaired) electrons. The summed E-state index contributed by atoms with van der Waals surface area (Å²) in [4.78, 5) is 30.8. The molecule has 2 fully saturated rings. The zero-order chi connectivity index (χ0) is 30.4. The number of nitrogens with two attached hydrogens (primary N) is 2. The smallest absolute Gasteiger partial charge is 0.253 e. The average Bonchev–Trinajstić information content (AvgIpc) is 3.42. The minimum absolute atomic E-state index is 0.0290. The Morgan fingerprint density at radius 1 is 1.00 bits per heavy atom. The zero-order valence-electron chi connectivity index (χ0n) is 25.0. The van der Waals surface area contributed by atoms with Gasteiger partial charge in [-0.2, -0.15) is 0 Å². The largest absolute Gasteiger partial charge is 0.383 e. The molecule has 0 spiro atoms. The molecule has 224 valence electrons. The monoisotopic (exact) mass is 588 g/mol. The third-order valence-electron chi connectivity index (χ3n) is 8.82.